The maximum atomic E-state index is 15.0. The van der Waals surface area contributed by atoms with Crippen LogP contribution in [0.5, 0.6) is 0 Å². The van der Waals surface area contributed by atoms with E-state index >= 15 is 0 Å². The van der Waals surface area contributed by atoms with Gasteiger partial charge < -0.3 is 40.7 Å². The first-order chi connectivity index (χ1) is 41.1. The number of carboxylic acid groups (broad SMARTS) is 2. The summed E-state index contributed by atoms with van der Waals surface area (Å²) in [5, 5.41) is 26.8. The average molecular weight is 1230 g/mol. The number of nitrogens with one attached hydrogen (secondary N) is 2. The molecule has 0 radical (unpaired) electrons. The van der Waals surface area contributed by atoms with Crippen LogP contribution in [0.1, 0.15) is 158 Å². The number of thiazole rings is 1. The zero-order chi connectivity index (χ0) is 64.4. The van der Waals surface area contributed by atoms with Crippen LogP contribution in [0.15, 0.2) is 72.1 Å². The average Bonchev–Trinajstić information content (AvgIpc) is 2.23. The number of aromatic nitrogens is 1. The Hall–Kier alpha value is -7.30. The smallest absolute Gasteiger partial charge is 0.306 e. The van der Waals surface area contributed by atoms with Crippen molar-refractivity contribution in [3.05, 3.63) is 99.5 Å². The van der Waals surface area contributed by atoms with Crippen molar-refractivity contribution in [3.8, 4) is 0 Å². The highest BCUT2D eigenvalue weighted by Gasteiger charge is 2.44. The summed E-state index contributed by atoms with van der Waals surface area (Å²) in [4.78, 5) is 153. The minimum Gasteiger partial charge on any atom is -0.481 e. The van der Waals surface area contributed by atoms with Crippen LogP contribution in [0.3, 0.4) is 0 Å². The predicted octanol–water partition coefficient (Wildman–Crippen LogP) is 6.84. The Morgan fingerprint density at radius 3 is 2.05 bits per heavy atom. The van der Waals surface area contributed by atoms with E-state index < -0.39 is 120 Å². The molecule has 0 saturated carbocycles. The first-order valence-corrected chi connectivity index (χ1v) is 31.2. The molecule has 11 atom stereocenters. The van der Waals surface area contributed by atoms with E-state index in [1.54, 1.807) is 50.2 Å². The van der Waals surface area contributed by atoms with Crippen molar-refractivity contribution < 1.29 is 72.2 Å². The zero-order valence-electron chi connectivity index (χ0n) is 52.0. The second kappa shape index (κ2) is 32.6. The van der Waals surface area contributed by atoms with Crippen LogP contribution < -0.4 is 16.4 Å². The number of ketones is 3. The van der Waals surface area contributed by atoms with Gasteiger partial charge in [0.1, 0.15) is 29.3 Å². The maximum Gasteiger partial charge on any atom is 0.306 e. The molecule has 1 aromatic heterocycles. The normalized spacial score (nSPS) is 19.0. The standard InChI is InChI=1S/C65H89N7O14S/c1-11-40(6)48(64(83)70(9)51(39(4)5)34-57(86-42(8)73)63-69-50(37-87-63)62(82)67-46(29-41(7)65(84)85)30-43-17-13-12-14-18-43)33-56(76)53-19-15-16-28-72(53,10)36-45-22-20-44(21-23-45)31-54(74)49(24-27-60(79)80)68-61(81)47(38(2)3)32-55(75)52(35-66)71-58(77)25-26-59(71)78/h12-14,17-18,20-23,25-26,37-41,46-49,51-53,57H,11,15-16,19,24,27-36,66H2,1-10H3,(H3-,67,68,79,80,81,82,84,85)/p+1/t40-,41-,46+,47-,48-,49-,51+,52-,53+,57+,72?/m0/s1. The van der Waals surface area contributed by atoms with E-state index in [4.69, 9.17) is 10.5 Å². The third kappa shape index (κ3) is 19.9. The number of piperidine rings is 1. The van der Waals surface area contributed by atoms with Crippen molar-refractivity contribution >= 4 is 76.1 Å². The molecule has 6 N–H and O–H groups in total. The number of carboxylic acids is 2. The van der Waals surface area contributed by atoms with E-state index in [1.807, 2.05) is 70.2 Å². The fourth-order valence-corrected chi connectivity index (χ4v) is 12.8. The minimum absolute atomic E-state index is 0.0117. The molecule has 87 heavy (non-hydrogen) atoms. The van der Waals surface area contributed by atoms with Gasteiger partial charge in [0.2, 0.25) is 11.8 Å². The molecule has 5 amide bonds. The summed E-state index contributed by atoms with van der Waals surface area (Å²) >= 11 is 1.14. The monoisotopic (exact) mass is 1220 g/mol. The van der Waals surface area contributed by atoms with E-state index in [1.165, 1.54) is 6.92 Å². The Labute approximate surface area is 514 Å². The highest BCUT2D eigenvalue weighted by Crippen LogP contribution is 2.35. The number of benzene rings is 2. The molecule has 21 nitrogen and oxygen atoms in total. The largest absolute Gasteiger partial charge is 0.481 e. The number of quaternary nitrogens is 1. The summed E-state index contributed by atoms with van der Waals surface area (Å²) in [6, 6.07) is 12.9. The summed E-state index contributed by atoms with van der Waals surface area (Å²) in [7, 11) is 3.77. The van der Waals surface area contributed by atoms with Gasteiger partial charge in [0, 0.05) is 106 Å². The van der Waals surface area contributed by atoms with E-state index in [9.17, 15) is 63.0 Å². The van der Waals surface area contributed by atoms with Gasteiger partial charge in [-0.3, -0.25) is 57.6 Å². The topological polar surface area (TPSA) is 307 Å². The minimum atomic E-state index is -1.29. The number of rotatable bonds is 35. The van der Waals surface area contributed by atoms with E-state index in [0.717, 1.165) is 52.4 Å². The molecular formula is C65H90N7O14S+. The molecule has 22 heteroatoms. The molecule has 1 unspecified atom stereocenters. The highest BCUT2D eigenvalue weighted by molar-refractivity contribution is 7.09. The number of amides is 5. The number of esters is 1. The van der Waals surface area contributed by atoms with E-state index in [2.05, 4.69) is 22.7 Å². The highest BCUT2D eigenvalue weighted by atomic mass is 32.1. The SMILES string of the molecule is CC[C@H](C)[C@H](CC(=O)[C@H]1CCCC[N+]1(C)Cc1ccc(CC(=O)[C@H](CCC(=O)O)NC(=O)[C@@H](CC(=O)[C@H](CN)N2C(=O)C=CC2=O)C(C)C)cc1)C(=O)N(C)[C@H](C[C@@H](OC(C)=O)c1nc(C(=O)N[C@@H](Cc2ccccc2)C[C@H](C)C(=O)O)cs1)C(C)C. The number of hydrogen-bond acceptors (Lipinski definition) is 15. The maximum absolute atomic E-state index is 15.0. The Morgan fingerprint density at radius 2 is 1.47 bits per heavy atom. The lowest BCUT2D eigenvalue weighted by Gasteiger charge is -2.44. The predicted molar refractivity (Wildman–Crippen MR) is 326 cm³/mol. The molecule has 3 aromatic rings. The van der Waals surface area contributed by atoms with E-state index in [-0.39, 0.29) is 74.3 Å². The van der Waals surface area contributed by atoms with Crippen LogP contribution in [0.25, 0.3) is 0 Å². The number of Topliss-reactive ketones (excluding diaryl/α,β-unsaturated/α-hetero) is 3. The number of nitrogens with zero attached hydrogens (tertiary/aromatic N) is 4. The van der Waals surface area contributed by atoms with Crippen LogP contribution in [0.2, 0.25) is 0 Å². The Balaban J connectivity index is 1.27. The second-order valence-electron chi connectivity index (χ2n) is 24.6. The number of nitrogens with two attached hydrogens (primary N) is 1. The summed E-state index contributed by atoms with van der Waals surface area (Å²) in [6.07, 6.45) is 3.70. The van der Waals surface area contributed by atoms with Gasteiger partial charge in [-0.05, 0) is 61.0 Å². The molecule has 1 saturated heterocycles. The lowest BCUT2D eigenvalue weighted by atomic mass is 9.82. The number of likely N-dealkylation sites (N-methyl/N-ethyl adjacent to an activating group) is 1. The van der Waals surface area contributed by atoms with Gasteiger partial charge in [-0.2, -0.15) is 0 Å². The van der Waals surface area contributed by atoms with E-state index in [0.29, 0.717) is 47.4 Å². The van der Waals surface area contributed by atoms with Crippen LogP contribution >= 0.6 is 11.3 Å². The van der Waals surface area contributed by atoms with Gasteiger partial charge in [-0.25, -0.2) is 4.98 Å². The number of carbonyl (C=O) groups excluding carboxylic acids is 9. The molecule has 1 fully saturated rings. The number of carbonyl (C=O) groups is 11. The zero-order valence-corrected chi connectivity index (χ0v) is 52.8. The molecule has 2 aromatic carbocycles. The van der Waals surface area contributed by atoms with Gasteiger partial charge >= 0.3 is 17.9 Å². The van der Waals surface area contributed by atoms with Crippen molar-refractivity contribution in [1.82, 2.24) is 25.4 Å². The lowest BCUT2D eigenvalue weighted by Crippen LogP contribution is -2.58. The summed E-state index contributed by atoms with van der Waals surface area (Å²) in [5.74, 6) is -9.70. The van der Waals surface area contributed by atoms with Crippen LogP contribution in [0.4, 0.5) is 0 Å². The molecule has 474 valence electrons. The summed E-state index contributed by atoms with van der Waals surface area (Å²) in [6.45, 7) is 15.0. The van der Waals surface area contributed by atoms with Gasteiger partial charge in [0.25, 0.3) is 17.7 Å². The molecule has 5 rings (SSSR count). The van der Waals surface area contributed by atoms with Crippen molar-refractivity contribution in [2.75, 3.05) is 27.2 Å². The lowest BCUT2D eigenvalue weighted by molar-refractivity contribution is -0.941. The molecule has 2 aliphatic heterocycles. The molecule has 0 aliphatic carbocycles. The molecule has 0 bridgehead atoms. The number of aliphatic carboxylic acids is 2. The number of imide groups is 1. The Kier molecular flexibility index (Phi) is 26.4. The first-order valence-electron chi connectivity index (χ1n) is 30.3. The van der Waals surface area contributed by atoms with Gasteiger partial charge in [0.15, 0.2) is 23.5 Å². The molecular weight excluding hydrogens is 1130 g/mol. The second-order valence-corrected chi connectivity index (χ2v) is 25.5. The first kappa shape index (κ1) is 70.5. The number of ether oxygens (including phenoxy) is 1. The molecule has 0 spiro atoms. The van der Waals surface area contributed by atoms with Gasteiger partial charge in [-0.15, -0.1) is 11.3 Å². The van der Waals surface area contributed by atoms with Crippen LogP contribution in [-0.2, 0) is 72.1 Å². The number of likely N-dealkylation sites (tertiary alicyclic amines) is 1. The molecule has 3 heterocycles. The third-order valence-electron chi connectivity index (χ3n) is 17.3. The van der Waals surface area contributed by atoms with Crippen molar-refractivity contribution in [2.45, 2.75) is 175 Å². The number of hydrogen-bond donors (Lipinski definition) is 5. The van der Waals surface area contributed by atoms with Crippen molar-refractivity contribution in [2.24, 2.45) is 41.2 Å². The third-order valence-corrected chi connectivity index (χ3v) is 18.3. The van der Waals surface area contributed by atoms with Crippen LogP contribution in [-0.4, -0.2) is 152 Å². The van der Waals surface area contributed by atoms with Gasteiger partial charge in [-0.1, -0.05) is 109 Å². The Morgan fingerprint density at radius 1 is 0.828 bits per heavy atom. The summed E-state index contributed by atoms with van der Waals surface area (Å²) < 4.78 is 6.27. The van der Waals surface area contributed by atoms with Crippen LogP contribution in [0, 0.1) is 35.5 Å². The van der Waals surface area contributed by atoms with Crippen molar-refractivity contribution in [3.63, 3.8) is 0 Å². The summed E-state index contributed by atoms with van der Waals surface area (Å²) in [5.41, 5.74) is 8.34. The molecule has 2 aliphatic rings. The van der Waals surface area contributed by atoms with Gasteiger partial charge in [0.05, 0.1) is 25.6 Å². The fourth-order valence-electron chi connectivity index (χ4n) is 11.9. The fraction of sp³-hybridized carbons (Fsp3) is 0.569. The van der Waals surface area contributed by atoms with Crippen molar-refractivity contribution in [1.29, 1.82) is 0 Å². The quantitative estimate of drug-likeness (QED) is 0.0229. The Bertz CT molecular complexity index is 2950.